The molecule has 0 bridgehead atoms. The van der Waals surface area contributed by atoms with Crippen molar-refractivity contribution in [3.05, 3.63) is 24.3 Å². The zero-order valence-corrected chi connectivity index (χ0v) is 15.1. The van der Waals surface area contributed by atoms with E-state index >= 15 is 0 Å². The minimum atomic E-state index is -3.20. The Balaban J connectivity index is 1.75. The first-order valence-corrected chi connectivity index (χ1v) is 10.1. The second kappa shape index (κ2) is 7.98. The summed E-state index contributed by atoms with van der Waals surface area (Å²) >= 11 is 0. The summed E-state index contributed by atoms with van der Waals surface area (Å²) in [4.78, 5) is 14.3. The quantitative estimate of drug-likeness (QED) is 0.835. The molecule has 1 aromatic carbocycles. The number of likely N-dealkylation sites (tertiary alicyclic amines) is 1. The molecule has 6 nitrogen and oxygen atoms in total. The number of hydrogen-bond donors (Lipinski definition) is 1. The number of carbonyl (C=O) groups excluding carboxylic acids is 1. The van der Waals surface area contributed by atoms with E-state index in [0.29, 0.717) is 18.1 Å². The first kappa shape index (κ1) is 18.7. The number of benzene rings is 1. The number of ether oxygens (including phenoxy) is 1. The molecule has 1 amide bonds. The van der Waals surface area contributed by atoms with E-state index in [1.807, 2.05) is 11.8 Å². The predicted molar refractivity (Wildman–Crippen MR) is 92.6 cm³/mol. The Morgan fingerprint density at radius 2 is 1.88 bits per heavy atom. The van der Waals surface area contributed by atoms with E-state index in [9.17, 15) is 13.2 Å². The van der Waals surface area contributed by atoms with E-state index in [4.69, 9.17) is 10.5 Å². The Morgan fingerprint density at radius 1 is 1.29 bits per heavy atom. The highest BCUT2D eigenvalue weighted by Gasteiger charge is 2.24. The van der Waals surface area contributed by atoms with Crippen LogP contribution in [0, 0.1) is 5.92 Å². The zero-order chi connectivity index (χ0) is 17.7. The number of hydrogen-bond acceptors (Lipinski definition) is 5. The topological polar surface area (TPSA) is 89.7 Å². The van der Waals surface area contributed by atoms with Crippen molar-refractivity contribution >= 4 is 15.7 Å². The van der Waals surface area contributed by atoms with Crippen LogP contribution in [0.3, 0.4) is 0 Å². The Morgan fingerprint density at radius 3 is 2.38 bits per heavy atom. The second-order valence-electron chi connectivity index (χ2n) is 6.42. The first-order valence-electron chi connectivity index (χ1n) is 8.23. The molecule has 1 saturated heterocycles. The molecule has 0 spiro atoms. The van der Waals surface area contributed by atoms with Crippen molar-refractivity contribution in [2.75, 3.05) is 26.0 Å². The molecule has 0 aliphatic carbocycles. The Labute approximate surface area is 143 Å². The summed E-state index contributed by atoms with van der Waals surface area (Å²) in [6.07, 6.45) is 3.39. The SMILES string of the molecule is CC(N)C1CCN(C(=O)CCOc2ccc(S(C)(=O)=O)cc2)CC1. The van der Waals surface area contributed by atoms with E-state index in [1.54, 1.807) is 12.1 Å². The van der Waals surface area contributed by atoms with E-state index in [1.165, 1.54) is 12.1 Å². The van der Waals surface area contributed by atoms with Gasteiger partial charge >= 0.3 is 0 Å². The average molecular weight is 354 g/mol. The van der Waals surface area contributed by atoms with E-state index < -0.39 is 9.84 Å². The van der Waals surface area contributed by atoms with Crippen LogP contribution in [0.4, 0.5) is 0 Å². The maximum Gasteiger partial charge on any atom is 0.225 e. The molecular weight excluding hydrogens is 328 g/mol. The third-order valence-electron chi connectivity index (χ3n) is 4.47. The molecular formula is C17H26N2O4S. The summed E-state index contributed by atoms with van der Waals surface area (Å²) < 4.78 is 28.3. The number of amides is 1. The molecule has 1 aromatic rings. The third-order valence-corrected chi connectivity index (χ3v) is 5.60. The van der Waals surface area contributed by atoms with Gasteiger partial charge in [0.1, 0.15) is 5.75 Å². The maximum atomic E-state index is 12.2. The molecule has 1 atom stereocenters. The van der Waals surface area contributed by atoms with Gasteiger partial charge in [-0.3, -0.25) is 4.79 Å². The van der Waals surface area contributed by atoms with Crippen LogP contribution in [-0.2, 0) is 14.6 Å². The van der Waals surface area contributed by atoms with Gasteiger partial charge in [-0.2, -0.15) is 0 Å². The van der Waals surface area contributed by atoms with E-state index in [-0.39, 0.29) is 23.5 Å². The summed E-state index contributed by atoms with van der Waals surface area (Å²) in [5, 5.41) is 0. The fraction of sp³-hybridized carbons (Fsp3) is 0.588. The van der Waals surface area contributed by atoms with Crippen LogP contribution >= 0.6 is 0 Å². The molecule has 1 aliphatic rings. The standard InChI is InChI=1S/C17H26N2O4S/c1-13(18)14-7-10-19(11-8-14)17(20)9-12-23-15-3-5-16(6-4-15)24(2,21)22/h3-6,13-14H,7-12,18H2,1-2H3. The highest BCUT2D eigenvalue weighted by molar-refractivity contribution is 7.90. The number of rotatable bonds is 6. The summed E-state index contributed by atoms with van der Waals surface area (Å²) in [6, 6.07) is 6.40. The summed E-state index contributed by atoms with van der Waals surface area (Å²) in [7, 11) is -3.20. The molecule has 1 fully saturated rings. The maximum absolute atomic E-state index is 12.2. The fourth-order valence-electron chi connectivity index (χ4n) is 2.87. The van der Waals surface area contributed by atoms with Gasteiger partial charge < -0.3 is 15.4 Å². The number of nitrogens with two attached hydrogens (primary N) is 1. The highest BCUT2D eigenvalue weighted by Crippen LogP contribution is 2.20. The lowest BCUT2D eigenvalue weighted by atomic mass is 9.91. The molecule has 2 rings (SSSR count). The fourth-order valence-corrected chi connectivity index (χ4v) is 3.50. The van der Waals surface area contributed by atoms with E-state index in [2.05, 4.69) is 0 Å². The molecule has 24 heavy (non-hydrogen) atoms. The number of sulfone groups is 1. The summed E-state index contributed by atoms with van der Waals surface area (Å²) in [6.45, 7) is 3.82. The average Bonchev–Trinajstić information content (AvgIpc) is 2.54. The number of piperidine rings is 1. The van der Waals surface area contributed by atoms with Gasteiger partial charge in [0.2, 0.25) is 5.91 Å². The summed E-state index contributed by atoms with van der Waals surface area (Å²) in [5.74, 6) is 1.15. The zero-order valence-electron chi connectivity index (χ0n) is 14.3. The van der Waals surface area contributed by atoms with Gasteiger partial charge in [-0.05, 0) is 49.9 Å². The first-order chi connectivity index (χ1) is 11.3. The molecule has 1 aliphatic heterocycles. The van der Waals surface area contributed by atoms with Gasteiger partial charge in [0, 0.05) is 25.4 Å². The van der Waals surface area contributed by atoms with Crippen molar-refractivity contribution < 1.29 is 17.9 Å². The van der Waals surface area contributed by atoms with Crippen LogP contribution in [0.1, 0.15) is 26.2 Å². The lowest BCUT2D eigenvalue weighted by Crippen LogP contribution is -2.42. The van der Waals surface area contributed by atoms with Crippen molar-refractivity contribution in [3.8, 4) is 5.75 Å². The molecule has 2 N–H and O–H groups in total. The van der Waals surface area contributed by atoms with Crippen LogP contribution < -0.4 is 10.5 Å². The summed E-state index contributed by atoms with van der Waals surface area (Å²) in [5.41, 5.74) is 5.91. The lowest BCUT2D eigenvalue weighted by molar-refractivity contribution is -0.133. The van der Waals surface area contributed by atoms with Gasteiger partial charge in [-0.25, -0.2) is 8.42 Å². The van der Waals surface area contributed by atoms with Crippen molar-refractivity contribution in [1.82, 2.24) is 4.90 Å². The lowest BCUT2D eigenvalue weighted by Gasteiger charge is -2.33. The predicted octanol–water partition coefficient (Wildman–Crippen LogP) is 1.44. The van der Waals surface area contributed by atoms with Gasteiger partial charge in [-0.1, -0.05) is 0 Å². The molecule has 1 heterocycles. The van der Waals surface area contributed by atoms with Gasteiger partial charge in [0.05, 0.1) is 17.9 Å². The van der Waals surface area contributed by atoms with Crippen LogP contribution in [-0.4, -0.2) is 51.2 Å². The number of nitrogens with zero attached hydrogens (tertiary/aromatic N) is 1. The smallest absolute Gasteiger partial charge is 0.225 e. The van der Waals surface area contributed by atoms with Crippen LogP contribution in [0.15, 0.2) is 29.2 Å². The van der Waals surface area contributed by atoms with Crippen molar-refractivity contribution in [2.45, 2.75) is 37.1 Å². The van der Waals surface area contributed by atoms with Crippen molar-refractivity contribution in [3.63, 3.8) is 0 Å². The van der Waals surface area contributed by atoms with Crippen molar-refractivity contribution in [2.24, 2.45) is 11.7 Å². The van der Waals surface area contributed by atoms with Crippen LogP contribution in [0.25, 0.3) is 0 Å². The highest BCUT2D eigenvalue weighted by atomic mass is 32.2. The molecule has 7 heteroatoms. The molecule has 0 aromatic heterocycles. The number of carbonyl (C=O) groups is 1. The van der Waals surface area contributed by atoms with Gasteiger partial charge in [0.25, 0.3) is 0 Å². The second-order valence-corrected chi connectivity index (χ2v) is 8.44. The Hall–Kier alpha value is -1.60. The minimum absolute atomic E-state index is 0.0888. The Bertz CT molecular complexity index is 648. The van der Waals surface area contributed by atoms with Crippen LogP contribution in [0.5, 0.6) is 5.75 Å². The van der Waals surface area contributed by atoms with Gasteiger partial charge in [-0.15, -0.1) is 0 Å². The van der Waals surface area contributed by atoms with Crippen molar-refractivity contribution in [1.29, 1.82) is 0 Å². The minimum Gasteiger partial charge on any atom is -0.493 e. The largest absolute Gasteiger partial charge is 0.493 e. The molecule has 0 saturated carbocycles. The molecule has 0 radical (unpaired) electrons. The normalized spacial score (nSPS) is 17.5. The monoisotopic (exact) mass is 354 g/mol. The van der Waals surface area contributed by atoms with E-state index in [0.717, 1.165) is 32.2 Å². The molecule has 134 valence electrons. The van der Waals surface area contributed by atoms with Gasteiger partial charge in [0.15, 0.2) is 9.84 Å². The van der Waals surface area contributed by atoms with Crippen LogP contribution in [0.2, 0.25) is 0 Å². The molecule has 1 unspecified atom stereocenters. The third kappa shape index (κ3) is 5.21. The Kier molecular flexibility index (Phi) is 6.23.